The third kappa shape index (κ3) is 3.08. The summed E-state index contributed by atoms with van der Waals surface area (Å²) in [7, 11) is 0. The molecule has 3 nitrogen and oxygen atoms in total. The Bertz CT molecular complexity index is 183. The van der Waals surface area contributed by atoms with Crippen LogP contribution >= 0.6 is 0 Å². The maximum Gasteiger partial charge on any atom is 0.506 e. The van der Waals surface area contributed by atoms with E-state index >= 15 is 0 Å². The lowest BCUT2D eigenvalue weighted by molar-refractivity contribution is -0.195. The van der Waals surface area contributed by atoms with Gasteiger partial charge in [-0.3, -0.25) is 0 Å². The number of rotatable bonds is 4. The molecule has 0 rings (SSSR count). The van der Waals surface area contributed by atoms with Crippen molar-refractivity contribution in [2.45, 2.75) is 31.8 Å². The van der Waals surface area contributed by atoms with Gasteiger partial charge in [0.1, 0.15) is 0 Å². The molecule has 0 bridgehead atoms. The molecule has 0 aromatic heterocycles. The van der Waals surface area contributed by atoms with Gasteiger partial charge in [0.15, 0.2) is 6.10 Å². The minimum Gasteiger partial charge on any atom is -0.450 e. The van der Waals surface area contributed by atoms with Crippen LogP contribution in [0.4, 0.5) is 22.4 Å². The molecule has 78 valence electrons. The van der Waals surface area contributed by atoms with Gasteiger partial charge in [0.25, 0.3) is 0 Å². The van der Waals surface area contributed by atoms with Crippen molar-refractivity contribution < 1.29 is 32.2 Å². The van der Waals surface area contributed by atoms with Gasteiger partial charge in [0, 0.05) is 0 Å². The van der Waals surface area contributed by atoms with Crippen LogP contribution in [0.2, 0.25) is 0 Å². The lowest BCUT2D eigenvalue weighted by Crippen LogP contribution is -2.42. The van der Waals surface area contributed by atoms with E-state index in [1.54, 1.807) is 0 Å². The van der Waals surface area contributed by atoms with Crippen LogP contribution in [-0.4, -0.2) is 29.7 Å². The first-order chi connectivity index (χ1) is 5.82. The highest BCUT2D eigenvalue weighted by Crippen LogP contribution is 2.30. The SMILES string of the molecule is CCC(OC(=O)O)C(F)(F)C(F)F. The van der Waals surface area contributed by atoms with Gasteiger partial charge in [-0.25, -0.2) is 13.6 Å². The monoisotopic (exact) mass is 204 g/mol. The summed E-state index contributed by atoms with van der Waals surface area (Å²) in [5.74, 6) is -4.44. The Hall–Kier alpha value is -1.01. The Balaban J connectivity index is 4.46. The smallest absolute Gasteiger partial charge is 0.450 e. The minimum atomic E-state index is -4.44. The first kappa shape index (κ1) is 12.0. The van der Waals surface area contributed by atoms with E-state index in [9.17, 15) is 22.4 Å². The van der Waals surface area contributed by atoms with Crippen LogP contribution in [0.25, 0.3) is 0 Å². The van der Waals surface area contributed by atoms with Crippen molar-refractivity contribution in [3.63, 3.8) is 0 Å². The van der Waals surface area contributed by atoms with Crippen LogP contribution in [0, 0.1) is 0 Å². The molecule has 1 N–H and O–H groups in total. The van der Waals surface area contributed by atoms with Crippen molar-refractivity contribution >= 4 is 6.16 Å². The summed E-state index contributed by atoms with van der Waals surface area (Å²) >= 11 is 0. The summed E-state index contributed by atoms with van der Waals surface area (Å²) in [6, 6.07) is 0. The van der Waals surface area contributed by atoms with Crippen molar-refractivity contribution in [2.24, 2.45) is 0 Å². The van der Waals surface area contributed by atoms with Gasteiger partial charge in [0.2, 0.25) is 0 Å². The van der Waals surface area contributed by atoms with Crippen molar-refractivity contribution in [3.8, 4) is 0 Å². The number of halogens is 4. The van der Waals surface area contributed by atoms with Crippen molar-refractivity contribution in [3.05, 3.63) is 0 Å². The maximum absolute atomic E-state index is 12.4. The Morgan fingerprint density at radius 3 is 2.23 bits per heavy atom. The minimum absolute atomic E-state index is 0.510. The zero-order valence-corrected chi connectivity index (χ0v) is 6.64. The quantitative estimate of drug-likeness (QED) is 0.564. The van der Waals surface area contributed by atoms with E-state index in [-0.39, 0.29) is 0 Å². The number of alkyl halides is 4. The Labute approximate surface area is 71.3 Å². The van der Waals surface area contributed by atoms with E-state index < -0.39 is 31.0 Å². The normalized spacial score (nSPS) is 14.3. The highest BCUT2D eigenvalue weighted by atomic mass is 19.3. The molecule has 7 heteroatoms. The molecule has 0 radical (unpaired) electrons. The Morgan fingerprint density at radius 1 is 1.54 bits per heavy atom. The first-order valence-corrected chi connectivity index (χ1v) is 3.37. The fourth-order valence-electron chi connectivity index (χ4n) is 0.696. The van der Waals surface area contributed by atoms with Gasteiger partial charge in [-0.05, 0) is 6.42 Å². The topological polar surface area (TPSA) is 46.5 Å². The highest BCUT2D eigenvalue weighted by Gasteiger charge is 2.50. The molecule has 0 heterocycles. The summed E-state index contributed by atoms with van der Waals surface area (Å²) < 4.78 is 51.8. The molecule has 1 atom stereocenters. The fourth-order valence-corrected chi connectivity index (χ4v) is 0.696. The second kappa shape index (κ2) is 4.29. The lowest BCUT2D eigenvalue weighted by atomic mass is 10.1. The molecule has 0 aromatic rings. The molecule has 1 unspecified atom stereocenters. The molecular formula is C6H8F4O3. The first-order valence-electron chi connectivity index (χ1n) is 3.37. The molecule has 0 fully saturated rings. The lowest BCUT2D eigenvalue weighted by Gasteiger charge is -2.23. The van der Waals surface area contributed by atoms with E-state index in [0.717, 1.165) is 6.92 Å². The van der Waals surface area contributed by atoms with Crippen LogP contribution in [0.1, 0.15) is 13.3 Å². The number of hydrogen-bond donors (Lipinski definition) is 1. The molecule has 0 spiro atoms. The highest BCUT2D eigenvalue weighted by molar-refractivity contribution is 5.57. The van der Waals surface area contributed by atoms with Crippen LogP contribution < -0.4 is 0 Å². The third-order valence-corrected chi connectivity index (χ3v) is 1.33. The largest absolute Gasteiger partial charge is 0.506 e. The molecular weight excluding hydrogens is 196 g/mol. The second-order valence-corrected chi connectivity index (χ2v) is 2.26. The fraction of sp³-hybridized carbons (Fsp3) is 0.833. The number of ether oxygens (including phenoxy) is 1. The zero-order chi connectivity index (χ0) is 10.6. The van der Waals surface area contributed by atoms with Crippen molar-refractivity contribution in [1.82, 2.24) is 0 Å². The number of carboxylic acid groups (broad SMARTS) is 1. The predicted octanol–water partition coefficient (Wildman–Crippen LogP) is 2.36. The predicted molar refractivity (Wildman–Crippen MR) is 34.1 cm³/mol. The van der Waals surface area contributed by atoms with E-state index in [0.29, 0.717) is 0 Å². The standard InChI is InChI=1S/C6H8F4O3/c1-2-3(13-5(11)12)6(9,10)4(7)8/h3-4H,2H2,1H3,(H,11,12). The number of hydrogen-bond acceptors (Lipinski definition) is 2. The van der Waals surface area contributed by atoms with Gasteiger partial charge in [-0.2, -0.15) is 8.78 Å². The zero-order valence-electron chi connectivity index (χ0n) is 6.64. The van der Waals surface area contributed by atoms with Gasteiger partial charge in [-0.1, -0.05) is 6.92 Å². The van der Waals surface area contributed by atoms with E-state index in [1.165, 1.54) is 0 Å². The summed E-state index contributed by atoms with van der Waals surface area (Å²) in [6.45, 7) is 1.13. The summed E-state index contributed by atoms with van der Waals surface area (Å²) in [5.41, 5.74) is 0. The van der Waals surface area contributed by atoms with E-state index in [1.807, 2.05) is 0 Å². The van der Waals surface area contributed by atoms with Gasteiger partial charge in [0.05, 0.1) is 0 Å². The van der Waals surface area contributed by atoms with Crippen LogP contribution in [0.15, 0.2) is 0 Å². The van der Waals surface area contributed by atoms with E-state index in [2.05, 4.69) is 4.74 Å². The Kier molecular flexibility index (Phi) is 3.96. The number of carbonyl (C=O) groups is 1. The van der Waals surface area contributed by atoms with Gasteiger partial charge >= 0.3 is 18.5 Å². The molecule has 0 aliphatic heterocycles. The molecule has 0 aromatic carbocycles. The average Bonchev–Trinajstić information content (AvgIpc) is 1.99. The molecule has 0 aliphatic carbocycles. The average molecular weight is 204 g/mol. The van der Waals surface area contributed by atoms with Crippen molar-refractivity contribution in [2.75, 3.05) is 0 Å². The van der Waals surface area contributed by atoms with Crippen molar-refractivity contribution in [1.29, 1.82) is 0 Å². The molecule has 0 saturated heterocycles. The summed E-state index contributed by atoms with van der Waals surface area (Å²) in [4.78, 5) is 9.84. The van der Waals surface area contributed by atoms with E-state index in [4.69, 9.17) is 5.11 Å². The Morgan fingerprint density at radius 2 is 2.00 bits per heavy atom. The van der Waals surface area contributed by atoms with Gasteiger partial charge in [-0.15, -0.1) is 0 Å². The second-order valence-electron chi connectivity index (χ2n) is 2.26. The maximum atomic E-state index is 12.4. The molecule has 13 heavy (non-hydrogen) atoms. The van der Waals surface area contributed by atoms with Crippen LogP contribution in [0.5, 0.6) is 0 Å². The summed E-state index contributed by atoms with van der Waals surface area (Å²) in [6.07, 6.45) is -8.74. The van der Waals surface area contributed by atoms with Crippen LogP contribution in [0.3, 0.4) is 0 Å². The summed E-state index contributed by atoms with van der Waals surface area (Å²) in [5, 5.41) is 7.96. The third-order valence-electron chi connectivity index (χ3n) is 1.33. The molecule has 0 saturated carbocycles. The molecule has 0 aliphatic rings. The van der Waals surface area contributed by atoms with Gasteiger partial charge < -0.3 is 9.84 Å². The van der Waals surface area contributed by atoms with Crippen LogP contribution in [-0.2, 0) is 4.74 Å². The molecule has 0 amide bonds.